The lowest BCUT2D eigenvalue weighted by Crippen LogP contribution is -2.01. The fourth-order valence-electron chi connectivity index (χ4n) is 2.48. The average Bonchev–Trinajstić information content (AvgIpc) is 2.82. The Kier molecular flexibility index (Phi) is 3.45. The minimum atomic E-state index is 0.361. The van der Waals surface area contributed by atoms with Gasteiger partial charge in [-0.1, -0.05) is 29.8 Å². The number of halogens is 2. The smallest absolute Gasteiger partial charge is 0.129 e. The van der Waals surface area contributed by atoms with E-state index in [1.54, 1.807) is 0 Å². The van der Waals surface area contributed by atoms with Crippen LogP contribution in [0, 0.1) is 13.8 Å². The van der Waals surface area contributed by atoms with Gasteiger partial charge in [0, 0.05) is 5.02 Å². The Morgan fingerprint density at radius 2 is 1.85 bits per heavy atom. The first-order valence-electron chi connectivity index (χ1n) is 6.42. The molecular formula is C16H14Cl2N2. The van der Waals surface area contributed by atoms with Gasteiger partial charge in [-0.25, -0.2) is 4.98 Å². The molecule has 1 aromatic heterocycles. The zero-order valence-electron chi connectivity index (χ0n) is 11.3. The molecule has 0 amide bonds. The number of alkyl halides is 1. The van der Waals surface area contributed by atoms with Crippen LogP contribution in [0.1, 0.15) is 17.0 Å². The van der Waals surface area contributed by atoms with E-state index < -0.39 is 0 Å². The van der Waals surface area contributed by atoms with E-state index in [0.717, 1.165) is 38.7 Å². The number of benzene rings is 2. The molecule has 0 aliphatic heterocycles. The fourth-order valence-corrected chi connectivity index (χ4v) is 2.83. The maximum Gasteiger partial charge on any atom is 0.129 e. The van der Waals surface area contributed by atoms with Crippen molar-refractivity contribution in [3.8, 4) is 5.69 Å². The second-order valence-corrected chi connectivity index (χ2v) is 5.50. The largest absolute Gasteiger partial charge is 0.295 e. The van der Waals surface area contributed by atoms with Crippen LogP contribution in [0.25, 0.3) is 16.7 Å². The maximum atomic E-state index is 6.24. The molecule has 4 heteroatoms. The van der Waals surface area contributed by atoms with Gasteiger partial charge in [0.2, 0.25) is 0 Å². The van der Waals surface area contributed by atoms with Crippen molar-refractivity contribution in [3.05, 3.63) is 58.4 Å². The molecule has 3 rings (SSSR count). The number of nitrogens with zero attached hydrogens (tertiary/aromatic N) is 2. The second kappa shape index (κ2) is 5.12. The number of hydrogen-bond donors (Lipinski definition) is 0. The van der Waals surface area contributed by atoms with Crippen molar-refractivity contribution < 1.29 is 0 Å². The van der Waals surface area contributed by atoms with Crippen molar-refractivity contribution in [3.63, 3.8) is 0 Å². The summed E-state index contributed by atoms with van der Waals surface area (Å²) in [7, 11) is 0. The van der Waals surface area contributed by atoms with Crippen LogP contribution in [0.15, 0.2) is 36.4 Å². The minimum Gasteiger partial charge on any atom is -0.295 e. The van der Waals surface area contributed by atoms with Gasteiger partial charge in [-0.15, -0.1) is 11.6 Å². The van der Waals surface area contributed by atoms with Gasteiger partial charge in [-0.2, -0.15) is 0 Å². The van der Waals surface area contributed by atoms with Crippen LogP contribution in [-0.4, -0.2) is 9.55 Å². The van der Waals surface area contributed by atoms with Gasteiger partial charge in [-0.3, -0.25) is 4.57 Å². The summed E-state index contributed by atoms with van der Waals surface area (Å²) in [5.74, 6) is 1.20. The molecule has 0 aliphatic rings. The maximum absolute atomic E-state index is 6.24. The third-order valence-corrected chi connectivity index (χ3v) is 4.20. The van der Waals surface area contributed by atoms with E-state index in [0.29, 0.717) is 5.88 Å². The van der Waals surface area contributed by atoms with Gasteiger partial charge in [0.25, 0.3) is 0 Å². The highest BCUT2D eigenvalue weighted by Gasteiger charge is 2.15. The van der Waals surface area contributed by atoms with Gasteiger partial charge in [0.1, 0.15) is 5.82 Å². The van der Waals surface area contributed by atoms with Crippen molar-refractivity contribution >= 4 is 34.2 Å². The summed E-state index contributed by atoms with van der Waals surface area (Å²) in [5.41, 5.74) is 5.25. The number of aromatic nitrogens is 2. The molecule has 2 nitrogen and oxygen atoms in total. The zero-order chi connectivity index (χ0) is 14.3. The van der Waals surface area contributed by atoms with E-state index in [2.05, 4.69) is 28.6 Å². The Balaban J connectivity index is 2.41. The summed E-state index contributed by atoms with van der Waals surface area (Å²) < 4.78 is 2.09. The predicted molar refractivity (Wildman–Crippen MR) is 85.1 cm³/mol. The first-order valence-corrected chi connectivity index (χ1v) is 7.33. The monoisotopic (exact) mass is 304 g/mol. The summed E-state index contributed by atoms with van der Waals surface area (Å²) in [6.45, 7) is 4.07. The Morgan fingerprint density at radius 3 is 2.60 bits per heavy atom. The third-order valence-electron chi connectivity index (χ3n) is 3.56. The normalized spacial score (nSPS) is 11.2. The predicted octanol–water partition coefficient (Wildman–Crippen LogP) is 5.03. The van der Waals surface area contributed by atoms with E-state index in [-0.39, 0.29) is 0 Å². The van der Waals surface area contributed by atoms with Gasteiger partial charge >= 0.3 is 0 Å². The van der Waals surface area contributed by atoms with Gasteiger partial charge in [-0.05, 0) is 43.2 Å². The molecule has 0 radical (unpaired) electrons. The van der Waals surface area contributed by atoms with Crippen LogP contribution in [0.2, 0.25) is 5.02 Å². The topological polar surface area (TPSA) is 17.8 Å². The highest BCUT2D eigenvalue weighted by molar-refractivity contribution is 6.31. The molecule has 0 unspecified atom stereocenters. The van der Waals surface area contributed by atoms with E-state index in [9.17, 15) is 0 Å². The quantitative estimate of drug-likeness (QED) is 0.607. The van der Waals surface area contributed by atoms with Crippen LogP contribution < -0.4 is 0 Å². The molecule has 1 heterocycles. The fraction of sp³-hybridized carbons (Fsp3) is 0.188. The molecule has 20 heavy (non-hydrogen) atoms. The highest BCUT2D eigenvalue weighted by Crippen LogP contribution is 2.29. The molecule has 0 fully saturated rings. The number of aryl methyl sites for hydroxylation is 1. The molecule has 0 saturated carbocycles. The molecule has 0 saturated heterocycles. The molecule has 0 spiro atoms. The van der Waals surface area contributed by atoms with Crippen LogP contribution in [0.3, 0.4) is 0 Å². The summed E-state index contributed by atoms with van der Waals surface area (Å²) >= 11 is 12.3. The molecule has 102 valence electrons. The van der Waals surface area contributed by atoms with Crippen molar-refractivity contribution in [1.82, 2.24) is 9.55 Å². The van der Waals surface area contributed by atoms with Crippen molar-refractivity contribution in [1.29, 1.82) is 0 Å². The third kappa shape index (κ3) is 2.00. The van der Waals surface area contributed by atoms with E-state index in [1.165, 1.54) is 0 Å². The van der Waals surface area contributed by atoms with E-state index in [4.69, 9.17) is 23.2 Å². The molecule has 0 bridgehead atoms. The second-order valence-electron chi connectivity index (χ2n) is 4.82. The Hall–Kier alpha value is -1.51. The minimum absolute atomic E-state index is 0.361. The Morgan fingerprint density at radius 1 is 1.10 bits per heavy atom. The van der Waals surface area contributed by atoms with E-state index in [1.807, 2.05) is 31.2 Å². The number of para-hydroxylation sites is 1. The van der Waals surface area contributed by atoms with Gasteiger partial charge in [0.05, 0.1) is 22.6 Å². The molecule has 0 N–H and O–H groups in total. The number of hydrogen-bond acceptors (Lipinski definition) is 1. The lowest BCUT2D eigenvalue weighted by atomic mass is 10.1. The van der Waals surface area contributed by atoms with E-state index >= 15 is 0 Å². The molecular weight excluding hydrogens is 291 g/mol. The van der Waals surface area contributed by atoms with Gasteiger partial charge in [0.15, 0.2) is 0 Å². The van der Waals surface area contributed by atoms with Crippen molar-refractivity contribution in [2.75, 3.05) is 0 Å². The molecule has 3 aromatic rings. The van der Waals surface area contributed by atoms with Gasteiger partial charge < -0.3 is 0 Å². The highest BCUT2D eigenvalue weighted by atomic mass is 35.5. The van der Waals surface area contributed by atoms with Crippen LogP contribution in [0.5, 0.6) is 0 Å². The number of rotatable bonds is 2. The molecule has 2 aromatic carbocycles. The average molecular weight is 305 g/mol. The lowest BCUT2D eigenvalue weighted by molar-refractivity contribution is 0.972. The van der Waals surface area contributed by atoms with Crippen LogP contribution in [0.4, 0.5) is 0 Å². The number of fused-ring (bicyclic) bond motifs is 1. The summed E-state index contributed by atoms with van der Waals surface area (Å²) in [6, 6.07) is 12.0. The van der Waals surface area contributed by atoms with Crippen molar-refractivity contribution in [2.45, 2.75) is 19.7 Å². The first-order chi connectivity index (χ1) is 9.63. The lowest BCUT2D eigenvalue weighted by Gasteiger charge is -2.12. The number of imidazole rings is 1. The Labute approximate surface area is 128 Å². The Bertz CT molecular complexity index is 791. The summed E-state index contributed by atoms with van der Waals surface area (Å²) in [4.78, 5) is 4.67. The first kappa shape index (κ1) is 13.5. The summed E-state index contributed by atoms with van der Waals surface area (Å²) in [5, 5.41) is 0.748. The standard InChI is InChI=1S/C16H14Cl2N2/c1-10-5-3-8-14-16(10)19-15(9-17)20(14)13-7-4-6-12(18)11(13)2/h3-8H,9H2,1-2H3. The van der Waals surface area contributed by atoms with Crippen LogP contribution in [-0.2, 0) is 5.88 Å². The van der Waals surface area contributed by atoms with Crippen molar-refractivity contribution in [2.24, 2.45) is 0 Å². The molecule has 0 atom stereocenters. The zero-order valence-corrected chi connectivity index (χ0v) is 12.8. The SMILES string of the molecule is Cc1c(Cl)cccc1-n1c(CCl)nc2c(C)cccc21. The summed E-state index contributed by atoms with van der Waals surface area (Å²) in [6.07, 6.45) is 0. The van der Waals surface area contributed by atoms with Crippen LogP contribution >= 0.6 is 23.2 Å². The molecule has 0 aliphatic carbocycles.